The largest absolute Gasteiger partial charge is 0.326 e. The van der Waals surface area contributed by atoms with E-state index >= 15 is 0 Å². The molecule has 0 aliphatic carbocycles. The molecular formula is C19H18ClN3O2. The Morgan fingerprint density at radius 2 is 1.20 bits per heavy atom. The fourth-order valence-electron chi connectivity index (χ4n) is 2.40. The summed E-state index contributed by atoms with van der Waals surface area (Å²) in [7, 11) is 0. The summed E-state index contributed by atoms with van der Waals surface area (Å²) < 4.78 is 0. The van der Waals surface area contributed by atoms with Crippen molar-refractivity contribution in [1.82, 2.24) is 0 Å². The number of carbonyl (C=O) groups is 2. The van der Waals surface area contributed by atoms with Gasteiger partial charge < -0.3 is 16.0 Å². The van der Waals surface area contributed by atoms with Gasteiger partial charge in [-0.3, -0.25) is 4.79 Å². The van der Waals surface area contributed by atoms with Gasteiger partial charge in [-0.15, -0.1) is 12.4 Å². The van der Waals surface area contributed by atoms with E-state index in [1.165, 1.54) is 6.92 Å². The molecule has 0 radical (unpaired) electrons. The van der Waals surface area contributed by atoms with Gasteiger partial charge in [-0.1, -0.05) is 30.3 Å². The lowest BCUT2D eigenvalue weighted by Crippen LogP contribution is -2.19. The molecule has 0 aliphatic rings. The summed E-state index contributed by atoms with van der Waals surface area (Å²) in [5.41, 5.74) is 2.05. The van der Waals surface area contributed by atoms with Crippen LogP contribution in [0.25, 0.3) is 10.8 Å². The van der Waals surface area contributed by atoms with Crippen LogP contribution < -0.4 is 16.0 Å². The Morgan fingerprint density at radius 1 is 0.680 bits per heavy atom. The van der Waals surface area contributed by atoms with Crippen molar-refractivity contribution in [3.05, 3.63) is 66.7 Å². The molecule has 25 heavy (non-hydrogen) atoms. The Labute approximate surface area is 151 Å². The van der Waals surface area contributed by atoms with Crippen molar-refractivity contribution in [3.63, 3.8) is 0 Å². The molecule has 128 valence electrons. The molecule has 6 heteroatoms. The van der Waals surface area contributed by atoms with Crippen LogP contribution in [0.1, 0.15) is 6.92 Å². The Morgan fingerprint density at radius 3 is 1.84 bits per heavy atom. The Hall–Kier alpha value is -3.05. The minimum atomic E-state index is -0.322. The number of hydrogen-bond donors (Lipinski definition) is 3. The highest BCUT2D eigenvalue weighted by Crippen LogP contribution is 2.19. The second kappa shape index (κ2) is 8.17. The van der Waals surface area contributed by atoms with Gasteiger partial charge in [-0.05, 0) is 47.2 Å². The van der Waals surface area contributed by atoms with Crippen molar-refractivity contribution in [3.8, 4) is 0 Å². The van der Waals surface area contributed by atoms with Gasteiger partial charge in [-0.25, -0.2) is 4.79 Å². The number of hydrogen-bond acceptors (Lipinski definition) is 2. The first-order chi connectivity index (χ1) is 11.6. The molecule has 0 fully saturated rings. The molecule has 0 heterocycles. The molecule has 0 bridgehead atoms. The van der Waals surface area contributed by atoms with E-state index in [9.17, 15) is 9.59 Å². The van der Waals surface area contributed by atoms with Crippen LogP contribution in [0, 0.1) is 0 Å². The van der Waals surface area contributed by atoms with Crippen molar-refractivity contribution in [2.75, 3.05) is 16.0 Å². The van der Waals surface area contributed by atoms with Crippen LogP contribution in [0.4, 0.5) is 21.9 Å². The monoisotopic (exact) mass is 355 g/mol. The van der Waals surface area contributed by atoms with E-state index < -0.39 is 0 Å². The van der Waals surface area contributed by atoms with E-state index in [2.05, 4.69) is 16.0 Å². The molecule has 5 nitrogen and oxygen atoms in total. The maximum atomic E-state index is 12.1. The lowest BCUT2D eigenvalue weighted by Gasteiger charge is -2.09. The number of anilines is 3. The molecule has 0 aromatic heterocycles. The Bertz CT molecular complexity index is 895. The van der Waals surface area contributed by atoms with Gasteiger partial charge in [0, 0.05) is 24.0 Å². The van der Waals surface area contributed by atoms with Gasteiger partial charge in [0.2, 0.25) is 5.91 Å². The van der Waals surface area contributed by atoms with E-state index in [0.717, 1.165) is 16.5 Å². The first-order valence-electron chi connectivity index (χ1n) is 7.54. The summed E-state index contributed by atoms with van der Waals surface area (Å²) in [6.45, 7) is 1.45. The lowest BCUT2D eigenvalue weighted by atomic mass is 10.1. The van der Waals surface area contributed by atoms with E-state index in [4.69, 9.17) is 0 Å². The number of urea groups is 1. The molecule has 3 amide bonds. The summed E-state index contributed by atoms with van der Waals surface area (Å²) in [6.07, 6.45) is 0. The average molecular weight is 356 g/mol. The molecule has 3 rings (SSSR count). The van der Waals surface area contributed by atoms with Crippen LogP contribution in [-0.4, -0.2) is 11.9 Å². The van der Waals surface area contributed by atoms with Gasteiger partial charge in [0.25, 0.3) is 0 Å². The predicted octanol–water partition coefficient (Wildman–Crippen LogP) is 4.86. The predicted molar refractivity (Wildman–Crippen MR) is 105 cm³/mol. The third-order valence-electron chi connectivity index (χ3n) is 3.47. The highest BCUT2D eigenvalue weighted by atomic mass is 35.5. The Kier molecular flexibility index (Phi) is 5.98. The van der Waals surface area contributed by atoms with Crippen LogP contribution in [0.3, 0.4) is 0 Å². The summed E-state index contributed by atoms with van der Waals surface area (Å²) in [6, 6.07) is 20.3. The topological polar surface area (TPSA) is 70.2 Å². The maximum Gasteiger partial charge on any atom is 0.323 e. The van der Waals surface area contributed by atoms with Gasteiger partial charge in [-0.2, -0.15) is 0 Å². The third-order valence-corrected chi connectivity index (χ3v) is 3.47. The number of rotatable bonds is 3. The van der Waals surface area contributed by atoms with Gasteiger partial charge in [0.15, 0.2) is 0 Å². The van der Waals surface area contributed by atoms with Crippen LogP contribution in [0.2, 0.25) is 0 Å². The lowest BCUT2D eigenvalue weighted by molar-refractivity contribution is -0.114. The molecule has 3 aromatic rings. The molecule has 3 aromatic carbocycles. The fourth-order valence-corrected chi connectivity index (χ4v) is 2.40. The third kappa shape index (κ3) is 4.96. The number of benzene rings is 3. The standard InChI is InChI=1S/C19H17N3O2.ClH/c1-13(23)20-16-8-10-17(11-9-16)21-19(24)22-18-7-6-14-4-2-3-5-15(14)12-18;/h2-12H,1H3,(H,20,23)(H2,21,22,24);1H. The summed E-state index contributed by atoms with van der Waals surface area (Å²) in [4.78, 5) is 23.1. The molecule has 0 aliphatic heterocycles. The SMILES string of the molecule is CC(=O)Nc1ccc(NC(=O)Nc2ccc3ccccc3c2)cc1.Cl. The van der Waals surface area contributed by atoms with E-state index in [-0.39, 0.29) is 24.3 Å². The second-order valence-corrected chi connectivity index (χ2v) is 5.40. The van der Waals surface area contributed by atoms with Crippen molar-refractivity contribution < 1.29 is 9.59 Å². The van der Waals surface area contributed by atoms with Crippen molar-refractivity contribution in [1.29, 1.82) is 0 Å². The number of fused-ring (bicyclic) bond motifs is 1. The normalized spacial score (nSPS) is 9.80. The number of carbonyl (C=O) groups excluding carboxylic acids is 2. The van der Waals surface area contributed by atoms with E-state index in [0.29, 0.717) is 11.4 Å². The molecule has 0 saturated heterocycles. The van der Waals surface area contributed by atoms with Gasteiger partial charge >= 0.3 is 6.03 Å². The highest BCUT2D eigenvalue weighted by molar-refractivity contribution is 6.01. The summed E-state index contributed by atoms with van der Waals surface area (Å²) in [5, 5.41) is 10.4. The van der Waals surface area contributed by atoms with E-state index in [1.807, 2.05) is 42.5 Å². The zero-order valence-corrected chi connectivity index (χ0v) is 14.4. The zero-order valence-electron chi connectivity index (χ0n) is 13.6. The molecule has 0 atom stereocenters. The Balaban J connectivity index is 0.00000225. The number of halogens is 1. The van der Waals surface area contributed by atoms with E-state index in [1.54, 1.807) is 24.3 Å². The average Bonchev–Trinajstić information content (AvgIpc) is 2.56. The second-order valence-electron chi connectivity index (χ2n) is 5.40. The smallest absolute Gasteiger partial charge is 0.323 e. The van der Waals surface area contributed by atoms with Crippen molar-refractivity contribution in [2.24, 2.45) is 0 Å². The summed E-state index contributed by atoms with van der Waals surface area (Å²) in [5.74, 6) is -0.134. The minimum Gasteiger partial charge on any atom is -0.326 e. The molecule has 3 N–H and O–H groups in total. The highest BCUT2D eigenvalue weighted by Gasteiger charge is 2.04. The molecule has 0 spiro atoms. The molecule has 0 saturated carbocycles. The van der Waals surface area contributed by atoms with Crippen LogP contribution >= 0.6 is 12.4 Å². The molecule has 0 unspecified atom stereocenters. The fraction of sp³-hybridized carbons (Fsp3) is 0.0526. The van der Waals surface area contributed by atoms with Gasteiger partial charge in [0.05, 0.1) is 0 Å². The first-order valence-corrected chi connectivity index (χ1v) is 7.54. The van der Waals surface area contributed by atoms with Crippen LogP contribution in [-0.2, 0) is 4.79 Å². The zero-order chi connectivity index (χ0) is 16.9. The maximum absolute atomic E-state index is 12.1. The minimum absolute atomic E-state index is 0. The number of nitrogens with one attached hydrogen (secondary N) is 3. The summed E-state index contributed by atoms with van der Waals surface area (Å²) >= 11 is 0. The van der Waals surface area contributed by atoms with Crippen molar-refractivity contribution in [2.45, 2.75) is 6.92 Å². The van der Waals surface area contributed by atoms with Gasteiger partial charge in [0.1, 0.15) is 0 Å². The van der Waals surface area contributed by atoms with Crippen LogP contribution in [0.15, 0.2) is 66.7 Å². The van der Waals surface area contributed by atoms with Crippen LogP contribution in [0.5, 0.6) is 0 Å². The molecular weight excluding hydrogens is 338 g/mol. The first kappa shape index (κ1) is 18.3. The number of amides is 3. The quantitative estimate of drug-likeness (QED) is 0.627. The van der Waals surface area contributed by atoms with Crippen molar-refractivity contribution >= 4 is 52.2 Å².